The van der Waals surface area contributed by atoms with Crippen LogP contribution in [0.25, 0.3) is 0 Å². The lowest BCUT2D eigenvalue weighted by molar-refractivity contribution is -0.0847. The van der Waals surface area contributed by atoms with E-state index in [0.29, 0.717) is 6.61 Å². The van der Waals surface area contributed by atoms with Crippen LogP contribution >= 0.6 is 0 Å². The highest BCUT2D eigenvalue weighted by atomic mass is 16.5. The molecule has 0 aliphatic carbocycles. The first-order valence-corrected chi connectivity index (χ1v) is 18.8. The van der Waals surface area contributed by atoms with E-state index in [1.54, 1.807) is 0 Å². The number of rotatable bonds is 34. The molecule has 0 rings (SSSR count). The van der Waals surface area contributed by atoms with Gasteiger partial charge in [0.2, 0.25) is 0 Å². The third-order valence-corrected chi connectivity index (χ3v) is 8.12. The van der Waals surface area contributed by atoms with Crippen molar-refractivity contribution < 1.29 is 14.6 Å². The largest absolute Gasteiger partial charge is 0.396 e. The normalized spacial score (nSPS) is 14.6. The van der Waals surface area contributed by atoms with Gasteiger partial charge in [-0.3, -0.25) is 0 Å². The van der Waals surface area contributed by atoms with Crippen LogP contribution in [0.1, 0.15) is 168 Å². The Morgan fingerprint density at radius 3 is 1.45 bits per heavy atom. The predicted molar refractivity (Wildman–Crippen MR) is 194 cm³/mol. The Hall–Kier alpha value is -1.20. The summed E-state index contributed by atoms with van der Waals surface area (Å²) in [5, 5.41) is 9.33. The van der Waals surface area contributed by atoms with E-state index in [0.717, 1.165) is 38.7 Å². The minimum atomic E-state index is -0.424. The molecule has 4 nitrogen and oxygen atoms in total. The topological polar surface area (TPSA) is 64.7 Å². The summed E-state index contributed by atoms with van der Waals surface area (Å²) in [5.74, 6) is 0.0963. The first-order valence-electron chi connectivity index (χ1n) is 18.8. The van der Waals surface area contributed by atoms with Gasteiger partial charge in [0.25, 0.3) is 0 Å². The summed E-state index contributed by atoms with van der Waals surface area (Å²) in [4.78, 5) is 0. The molecule has 0 heterocycles. The van der Waals surface area contributed by atoms with E-state index in [1.807, 2.05) is 6.92 Å². The van der Waals surface area contributed by atoms with E-state index in [2.05, 4.69) is 62.5 Å². The van der Waals surface area contributed by atoms with Crippen LogP contribution in [-0.2, 0) is 9.47 Å². The van der Waals surface area contributed by atoms with Crippen LogP contribution in [0, 0.1) is 5.92 Å². The van der Waals surface area contributed by atoms with E-state index in [1.165, 1.54) is 116 Å². The van der Waals surface area contributed by atoms with E-state index >= 15 is 0 Å². The van der Waals surface area contributed by atoms with Crippen LogP contribution in [0.3, 0.4) is 0 Å². The van der Waals surface area contributed by atoms with Gasteiger partial charge < -0.3 is 20.3 Å². The first kappa shape index (κ1) is 42.8. The molecule has 0 aromatic heterocycles. The number of aliphatic hydroxyl groups is 1. The molecule has 258 valence electrons. The van der Waals surface area contributed by atoms with Crippen molar-refractivity contribution in [3.63, 3.8) is 0 Å². The third-order valence-electron chi connectivity index (χ3n) is 8.12. The second kappa shape index (κ2) is 36.3. The zero-order chi connectivity index (χ0) is 32.2. The van der Waals surface area contributed by atoms with Gasteiger partial charge in [-0.2, -0.15) is 0 Å². The number of ether oxygens (including phenoxy) is 2. The van der Waals surface area contributed by atoms with Crippen molar-refractivity contribution in [3.8, 4) is 0 Å². The molecule has 0 spiro atoms. The molecule has 3 atom stereocenters. The maximum absolute atomic E-state index is 9.33. The zero-order valence-electron chi connectivity index (χ0n) is 29.6. The number of aliphatic hydroxyl groups excluding tert-OH is 1. The van der Waals surface area contributed by atoms with Crippen molar-refractivity contribution in [2.45, 2.75) is 181 Å². The summed E-state index contributed by atoms with van der Waals surface area (Å²) >= 11 is 0. The monoisotopic (exact) mass is 618 g/mol. The quantitative estimate of drug-likeness (QED) is 0.0428. The molecule has 0 aromatic rings. The van der Waals surface area contributed by atoms with E-state index in [-0.39, 0.29) is 18.6 Å². The summed E-state index contributed by atoms with van der Waals surface area (Å²) < 4.78 is 12.1. The summed E-state index contributed by atoms with van der Waals surface area (Å²) in [6.07, 6.45) is 46.2. The van der Waals surface area contributed by atoms with Crippen LogP contribution in [0.15, 0.2) is 48.6 Å². The van der Waals surface area contributed by atoms with Crippen LogP contribution in [0.4, 0.5) is 0 Å². The molecule has 0 bridgehead atoms. The molecule has 44 heavy (non-hydrogen) atoms. The second-order valence-corrected chi connectivity index (χ2v) is 12.7. The number of hydrogen-bond acceptors (Lipinski definition) is 4. The highest BCUT2D eigenvalue weighted by Gasteiger charge is 2.19. The SMILES string of the molecule is CCCCC/C=C\C/C=C\CCCCCCCCOC(CCCCCC/C=C\C/C=C\CCCCC)C(N)OCC(C)CO. The maximum atomic E-state index is 9.33. The fourth-order valence-electron chi connectivity index (χ4n) is 5.08. The Kier molecular flexibility index (Phi) is 35.3. The van der Waals surface area contributed by atoms with Gasteiger partial charge in [0, 0.05) is 19.1 Å². The van der Waals surface area contributed by atoms with Gasteiger partial charge in [-0.1, -0.05) is 140 Å². The van der Waals surface area contributed by atoms with Crippen molar-refractivity contribution in [2.75, 3.05) is 19.8 Å². The fourth-order valence-corrected chi connectivity index (χ4v) is 5.08. The van der Waals surface area contributed by atoms with Crippen molar-refractivity contribution in [1.29, 1.82) is 0 Å². The molecule has 0 aliphatic heterocycles. The summed E-state index contributed by atoms with van der Waals surface area (Å²) in [6, 6.07) is 0. The van der Waals surface area contributed by atoms with Crippen molar-refractivity contribution in [2.24, 2.45) is 11.7 Å². The van der Waals surface area contributed by atoms with Crippen molar-refractivity contribution >= 4 is 0 Å². The van der Waals surface area contributed by atoms with Gasteiger partial charge in [0.1, 0.15) is 6.23 Å². The number of unbranched alkanes of at least 4 members (excludes halogenated alkanes) is 16. The molecule has 0 fully saturated rings. The predicted octanol–water partition coefficient (Wildman–Crippen LogP) is 11.5. The number of allylic oxidation sites excluding steroid dienone is 8. The van der Waals surface area contributed by atoms with E-state index < -0.39 is 6.23 Å². The van der Waals surface area contributed by atoms with Gasteiger partial charge in [-0.25, -0.2) is 0 Å². The van der Waals surface area contributed by atoms with Gasteiger partial charge in [0.05, 0.1) is 12.7 Å². The lowest BCUT2D eigenvalue weighted by Crippen LogP contribution is -2.40. The average molecular weight is 618 g/mol. The molecular formula is C40H75NO3. The molecule has 0 amide bonds. The van der Waals surface area contributed by atoms with Crippen LogP contribution in [0.2, 0.25) is 0 Å². The minimum absolute atomic E-state index is 0.0668. The summed E-state index contributed by atoms with van der Waals surface area (Å²) in [5.41, 5.74) is 6.39. The minimum Gasteiger partial charge on any atom is -0.396 e. The zero-order valence-corrected chi connectivity index (χ0v) is 29.6. The van der Waals surface area contributed by atoms with Crippen LogP contribution < -0.4 is 5.73 Å². The molecular weight excluding hydrogens is 542 g/mol. The van der Waals surface area contributed by atoms with Gasteiger partial charge >= 0.3 is 0 Å². The van der Waals surface area contributed by atoms with Crippen molar-refractivity contribution in [1.82, 2.24) is 0 Å². The molecule has 4 heteroatoms. The Balaban J connectivity index is 3.99. The molecule has 3 unspecified atom stereocenters. The highest BCUT2D eigenvalue weighted by molar-refractivity contribution is 4.93. The lowest BCUT2D eigenvalue weighted by Gasteiger charge is -2.25. The molecule has 0 aromatic carbocycles. The molecule has 0 radical (unpaired) electrons. The smallest absolute Gasteiger partial charge is 0.132 e. The summed E-state index contributed by atoms with van der Waals surface area (Å²) in [7, 11) is 0. The van der Waals surface area contributed by atoms with E-state index in [9.17, 15) is 5.11 Å². The van der Waals surface area contributed by atoms with E-state index in [4.69, 9.17) is 15.2 Å². The lowest BCUT2D eigenvalue weighted by atomic mass is 10.1. The maximum Gasteiger partial charge on any atom is 0.132 e. The van der Waals surface area contributed by atoms with Gasteiger partial charge in [-0.05, 0) is 77.0 Å². The number of nitrogens with two attached hydrogens (primary N) is 1. The summed E-state index contributed by atoms with van der Waals surface area (Å²) in [6.45, 7) is 7.84. The molecule has 0 saturated heterocycles. The van der Waals surface area contributed by atoms with Crippen molar-refractivity contribution in [3.05, 3.63) is 48.6 Å². The molecule has 3 N–H and O–H groups in total. The Morgan fingerprint density at radius 1 is 0.545 bits per heavy atom. The number of hydrogen-bond donors (Lipinski definition) is 2. The molecule has 0 aliphatic rings. The highest BCUT2D eigenvalue weighted by Crippen LogP contribution is 2.15. The molecule has 0 saturated carbocycles. The Morgan fingerprint density at radius 2 is 0.977 bits per heavy atom. The first-order chi connectivity index (χ1) is 21.7. The standard InChI is InChI=1S/C40H75NO3/c1-4-6-8-10-12-14-16-18-20-21-23-25-27-29-31-33-35-43-39(40(41)44-37-38(3)36-42)34-32-30-28-26-24-22-19-17-15-13-11-9-7-5-2/h12-15,18-20,22,38-40,42H,4-11,16-17,21,23-37,41H2,1-3H3/b14-12-,15-13-,20-18-,22-19-. The fraction of sp³-hybridized carbons (Fsp3) is 0.800. The van der Waals surface area contributed by atoms with Crippen LogP contribution in [0.5, 0.6) is 0 Å². The second-order valence-electron chi connectivity index (χ2n) is 12.7. The van der Waals surface area contributed by atoms with Gasteiger partial charge in [0.15, 0.2) is 0 Å². The Labute approximate surface area is 275 Å². The van der Waals surface area contributed by atoms with Gasteiger partial charge in [-0.15, -0.1) is 0 Å². The average Bonchev–Trinajstić information content (AvgIpc) is 3.03. The third kappa shape index (κ3) is 32.2. The van der Waals surface area contributed by atoms with Crippen LogP contribution in [-0.4, -0.2) is 37.3 Å². The Bertz CT molecular complexity index is 672.